The molecule has 1 aliphatic carbocycles. The minimum atomic E-state index is -2.40. The average Bonchev–Trinajstić information content (AvgIpc) is 3.27. The largest absolute Gasteiger partial charge is 0.504 e. The van der Waals surface area contributed by atoms with Crippen molar-refractivity contribution in [2.45, 2.75) is 48.8 Å². The Hall–Kier alpha value is -4.33. The van der Waals surface area contributed by atoms with E-state index in [1.54, 1.807) is 0 Å². The quantitative estimate of drug-likeness (QED) is 0.149. The third-order valence-electron chi connectivity index (χ3n) is 6.72. The lowest BCUT2D eigenvalue weighted by Gasteiger charge is -2.39. The first kappa shape index (κ1) is 27.7. The number of rotatable bonds is 6. The standard InChI is InChI=1S/C26H26O13/c1-37-24(33)20-13-6-11(7-16(29)23(13)39-22(20)12-3-4-14(27)15(28)8-12)2-5-19(31)38-18-10-26(36,25(34)35)9-17(30)21(18)32/h2-8,17-18,20-22,27-30,32,36H,9-10H2,1H3,(H,34,35)/b5-2+/t17-,18-,20+,21-,22-,26+/m1/s1. The van der Waals surface area contributed by atoms with Crippen molar-refractivity contribution >= 4 is 24.0 Å². The first-order chi connectivity index (χ1) is 18.3. The van der Waals surface area contributed by atoms with E-state index < -0.39 is 72.4 Å². The molecule has 2 aliphatic rings. The van der Waals surface area contributed by atoms with Crippen molar-refractivity contribution in [1.82, 2.24) is 0 Å². The van der Waals surface area contributed by atoms with Gasteiger partial charge < -0.3 is 50.0 Å². The maximum absolute atomic E-state index is 12.7. The van der Waals surface area contributed by atoms with E-state index >= 15 is 0 Å². The summed E-state index contributed by atoms with van der Waals surface area (Å²) >= 11 is 0. The molecule has 0 aromatic heterocycles. The van der Waals surface area contributed by atoms with Crippen LogP contribution in [0.5, 0.6) is 23.0 Å². The van der Waals surface area contributed by atoms with Gasteiger partial charge >= 0.3 is 17.9 Å². The summed E-state index contributed by atoms with van der Waals surface area (Å²) in [5.41, 5.74) is -1.65. The average molecular weight is 546 g/mol. The lowest BCUT2D eigenvalue weighted by molar-refractivity contribution is -0.196. The van der Waals surface area contributed by atoms with Crippen LogP contribution in [0.4, 0.5) is 0 Å². The van der Waals surface area contributed by atoms with Gasteiger partial charge in [-0.25, -0.2) is 9.59 Å². The summed E-state index contributed by atoms with van der Waals surface area (Å²) in [5, 5.41) is 69.5. The van der Waals surface area contributed by atoms with E-state index in [4.69, 9.17) is 14.2 Å². The van der Waals surface area contributed by atoms with Crippen LogP contribution >= 0.6 is 0 Å². The topological polar surface area (TPSA) is 221 Å². The Morgan fingerprint density at radius 3 is 2.38 bits per heavy atom. The molecule has 0 radical (unpaired) electrons. The number of esters is 2. The minimum absolute atomic E-state index is 0.0324. The summed E-state index contributed by atoms with van der Waals surface area (Å²) in [6.07, 6.45) is -4.98. The molecule has 0 spiro atoms. The van der Waals surface area contributed by atoms with Crippen LogP contribution in [0.15, 0.2) is 36.4 Å². The highest BCUT2D eigenvalue weighted by Gasteiger charge is 2.50. The number of carboxylic acids is 1. The number of hydrogen-bond acceptors (Lipinski definition) is 12. The fourth-order valence-corrected chi connectivity index (χ4v) is 4.72. The number of carboxylic acid groups (broad SMARTS) is 1. The number of ether oxygens (including phenoxy) is 3. The zero-order chi connectivity index (χ0) is 28.6. The molecule has 2 aromatic rings. The Balaban J connectivity index is 1.57. The molecule has 7 N–H and O–H groups in total. The van der Waals surface area contributed by atoms with Crippen LogP contribution in [0.25, 0.3) is 6.08 Å². The van der Waals surface area contributed by atoms with Crippen LogP contribution in [-0.4, -0.2) is 84.7 Å². The molecule has 0 amide bonds. The molecule has 39 heavy (non-hydrogen) atoms. The van der Waals surface area contributed by atoms with Crippen molar-refractivity contribution in [3.63, 3.8) is 0 Å². The molecule has 2 aromatic carbocycles. The van der Waals surface area contributed by atoms with Gasteiger partial charge in [0, 0.05) is 24.5 Å². The fraction of sp³-hybridized carbons (Fsp3) is 0.346. The molecule has 13 nitrogen and oxygen atoms in total. The van der Waals surface area contributed by atoms with Gasteiger partial charge in [0.2, 0.25) is 0 Å². The molecule has 1 saturated carbocycles. The van der Waals surface area contributed by atoms with E-state index in [-0.39, 0.29) is 28.4 Å². The first-order valence-corrected chi connectivity index (χ1v) is 11.7. The third kappa shape index (κ3) is 5.32. The molecule has 13 heteroatoms. The number of aliphatic hydroxyl groups is 3. The van der Waals surface area contributed by atoms with Gasteiger partial charge in [0.15, 0.2) is 28.6 Å². The molecule has 6 atom stereocenters. The second-order valence-corrected chi connectivity index (χ2v) is 9.36. The van der Waals surface area contributed by atoms with Gasteiger partial charge in [-0.2, -0.15) is 0 Å². The Bertz CT molecular complexity index is 1340. The Kier molecular flexibility index (Phi) is 7.41. The SMILES string of the molecule is COC(=O)[C@H]1c2cc(/C=C/C(=O)O[C@@H]3C[C@](O)(C(=O)O)C[C@@H](O)[C@H]3O)cc(O)c2O[C@@H]1c1ccc(O)c(O)c1. The number of aliphatic carboxylic acids is 1. The van der Waals surface area contributed by atoms with E-state index in [1.807, 2.05) is 0 Å². The van der Waals surface area contributed by atoms with E-state index in [2.05, 4.69) is 0 Å². The molecular formula is C26H26O13. The Morgan fingerprint density at radius 2 is 1.74 bits per heavy atom. The number of benzene rings is 2. The number of phenolic OH excluding ortho intramolecular Hbond substituents is 3. The number of carbonyl (C=O) groups is 3. The summed E-state index contributed by atoms with van der Waals surface area (Å²) in [7, 11) is 1.16. The van der Waals surface area contributed by atoms with Crippen LogP contribution in [0.2, 0.25) is 0 Å². The minimum Gasteiger partial charge on any atom is -0.504 e. The summed E-state index contributed by atoms with van der Waals surface area (Å²) in [4.78, 5) is 36.5. The number of fused-ring (bicyclic) bond motifs is 1. The van der Waals surface area contributed by atoms with E-state index in [0.29, 0.717) is 5.56 Å². The second kappa shape index (κ2) is 10.4. The molecule has 1 fully saturated rings. The van der Waals surface area contributed by atoms with Gasteiger partial charge in [0.1, 0.15) is 24.2 Å². The van der Waals surface area contributed by atoms with E-state index in [1.165, 1.54) is 36.4 Å². The predicted molar refractivity (Wildman–Crippen MR) is 129 cm³/mol. The number of phenols is 3. The van der Waals surface area contributed by atoms with Crippen molar-refractivity contribution in [3.8, 4) is 23.0 Å². The summed E-state index contributed by atoms with van der Waals surface area (Å²) in [6, 6.07) is 6.53. The van der Waals surface area contributed by atoms with Gasteiger partial charge in [0.05, 0.1) is 13.2 Å². The molecule has 0 unspecified atom stereocenters. The van der Waals surface area contributed by atoms with Gasteiger partial charge in [-0.05, 0) is 41.5 Å². The zero-order valence-corrected chi connectivity index (χ0v) is 20.4. The maximum Gasteiger partial charge on any atom is 0.335 e. The number of hydrogen-bond donors (Lipinski definition) is 7. The molecule has 1 aliphatic heterocycles. The first-order valence-electron chi connectivity index (χ1n) is 11.7. The van der Waals surface area contributed by atoms with Crippen molar-refractivity contribution in [3.05, 3.63) is 53.1 Å². The molecule has 208 valence electrons. The normalized spacial score (nSPS) is 27.9. The summed E-state index contributed by atoms with van der Waals surface area (Å²) in [6.45, 7) is 0. The third-order valence-corrected chi connectivity index (χ3v) is 6.72. The summed E-state index contributed by atoms with van der Waals surface area (Å²) in [5.74, 6) is -5.73. The van der Waals surface area contributed by atoms with Crippen molar-refractivity contribution < 1.29 is 64.3 Å². The Labute approximate surface area is 220 Å². The highest BCUT2D eigenvalue weighted by atomic mass is 16.6. The molecule has 0 bridgehead atoms. The van der Waals surface area contributed by atoms with Crippen molar-refractivity contribution in [1.29, 1.82) is 0 Å². The van der Waals surface area contributed by atoms with Crippen LogP contribution in [0.3, 0.4) is 0 Å². The number of aromatic hydroxyl groups is 3. The van der Waals surface area contributed by atoms with E-state index in [9.17, 15) is 50.1 Å². The second-order valence-electron chi connectivity index (χ2n) is 9.36. The van der Waals surface area contributed by atoms with Gasteiger partial charge in [0.25, 0.3) is 0 Å². The van der Waals surface area contributed by atoms with Crippen LogP contribution in [0.1, 0.15) is 41.6 Å². The van der Waals surface area contributed by atoms with Gasteiger partial charge in [-0.15, -0.1) is 0 Å². The number of methoxy groups -OCH3 is 1. The lowest BCUT2D eigenvalue weighted by atomic mass is 9.79. The van der Waals surface area contributed by atoms with Gasteiger partial charge in [-0.3, -0.25) is 4.79 Å². The van der Waals surface area contributed by atoms with Crippen molar-refractivity contribution in [2.75, 3.05) is 7.11 Å². The Morgan fingerprint density at radius 1 is 1.03 bits per heavy atom. The smallest absolute Gasteiger partial charge is 0.335 e. The molecule has 1 heterocycles. The highest BCUT2D eigenvalue weighted by molar-refractivity contribution is 5.88. The molecule has 4 rings (SSSR count). The van der Waals surface area contributed by atoms with Crippen LogP contribution in [-0.2, 0) is 23.9 Å². The molecular weight excluding hydrogens is 520 g/mol. The molecule has 0 saturated heterocycles. The number of carbonyl (C=O) groups excluding carboxylic acids is 2. The highest BCUT2D eigenvalue weighted by Crippen LogP contribution is 2.51. The van der Waals surface area contributed by atoms with Crippen molar-refractivity contribution in [2.24, 2.45) is 0 Å². The van der Waals surface area contributed by atoms with Crippen LogP contribution in [0, 0.1) is 0 Å². The van der Waals surface area contributed by atoms with Gasteiger partial charge in [-0.1, -0.05) is 6.07 Å². The van der Waals surface area contributed by atoms with Crippen LogP contribution < -0.4 is 4.74 Å². The summed E-state index contributed by atoms with van der Waals surface area (Å²) < 4.78 is 15.8. The van der Waals surface area contributed by atoms with E-state index in [0.717, 1.165) is 13.2 Å². The zero-order valence-electron chi connectivity index (χ0n) is 20.4. The number of aliphatic hydroxyl groups excluding tert-OH is 2. The lowest BCUT2D eigenvalue weighted by Crippen LogP contribution is -2.57. The predicted octanol–water partition coefficient (Wildman–Crippen LogP) is 0.450. The monoisotopic (exact) mass is 546 g/mol. The maximum atomic E-state index is 12.7. The fourth-order valence-electron chi connectivity index (χ4n) is 4.72.